The molecule has 4 aliphatic rings. The number of fused-ring (bicyclic) bond motifs is 1. The van der Waals surface area contributed by atoms with Crippen LogP contribution in [0.4, 0.5) is 5.69 Å². The average molecular weight is 731 g/mol. The van der Waals surface area contributed by atoms with Crippen LogP contribution >= 0.6 is 15.9 Å². The number of piperidine rings is 3. The molecule has 5 heterocycles. The third-order valence-electron chi connectivity index (χ3n) is 10.5. The molecular weight excluding hydrogens is 690 g/mol. The van der Waals surface area contributed by atoms with Crippen LogP contribution in [-0.2, 0) is 23.2 Å². The molecule has 0 aliphatic carbocycles. The summed E-state index contributed by atoms with van der Waals surface area (Å²) in [5.41, 5.74) is 5.04. The Kier molecular flexibility index (Phi) is 9.14. The Balaban J connectivity index is 0.946. The highest BCUT2D eigenvalue weighted by molar-refractivity contribution is 9.10. The lowest BCUT2D eigenvalue weighted by Crippen LogP contribution is -2.52. The van der Waals surface area contributed by atoms with Crippen LogP contribution in [0.3, 0.4) is 0 Å². The molecule has 7 rings (SSSR count). The van der Waals surface area contributed by atoms with Gasteiger partial charge < -0.3 is 20.0 Å². The van der Waals surface area contributed by atoms with Gasteiger partial charge in [0.25, 0.3) is 17.4 Å². The van der Waals surface area contributed by atoms with Crippen LogP contribution in [0.5, 0.6) is 0 Å². The number of aryl methyl sites for hydroxylation is 1. The van der Waals surface area contributed by atoms with Crippen molar-refractivity contribution in [2.75, 3.05) is 38.5 Å². The molecule has 2 aromatic carbocycles. The second-order valence-electron chi connectivity index (χ2n) is 13.8. The predicted octanol–water partition coefficient (Wildman–Crippen LogP) is 3.22. The lowest BCUT2D eigenvalue weighted by atomic mass is 9.87. The zero-order valence-corrected chi connectivity index (χ0v) is 29.2. The molecule has 0 radical (unpaired) electrons. The van der Waals surface area contributed by atoms with Crippen LogP contribution in [0.1, 0.15) is 81.3 Å². The van der Waals surface area contributed by atoms with Gasteiger partial charge in [-0.1, -0.05) is 24.3 Å². The number of imide groups is 1. The first-order valence-electron chi connectivity index (χ1n) is 16.9. The van der Waals surface area contributed by atoms with Crippen molar-refractivity contribution < 1.29 is 19.2 Å². The molecule has 0 bridgehead atoms. The molecule has 256 valence electrons. The number of likely N-dealkylation sites (N-methyl/N-ethyl adjacent to an activating group) is 1. The van der Waals surface area contributed by atoms with Gasteiger partial charge in [0.2, 0.25) is 11.8 Å². The van der Waals surface area contributed by atoms with E-state index in [9.17, 15) is 24.0 Å². The maximum absolute atomic E-state index is 13.5. The minimum atomic E-state index is -0.625. The second-order valence-corrected chi connectivity index (χ2v) is 14.6. The minimum Gasteiger partial charge on any atom is -0.379 e. The summed E-state index contributed by atoms with van der Waals surface area (Å²) in [7, 11) is 3.72. The minimum absolute atomic E-state index is 0.0349. The van der Waals surface area contributed by atoms with Gasteiger partial charge in [-0.25, -0.2) is 4.68 Å². The van der Waals surface area contributed by atoms with Crippen LogP contribution in [0.15, 0.2) is 57.9 Å². The van der Waals surface area contributed by atoms with E-state index in [1.165, 1.54) is 10.2 Å². The van der Waals surface area contributed by atoms with Gasteiger partial charge in [-0.15, -0.1) is 0 Å². The number of rotatable bonds is 6. The number of amides is 4. The third kappa shape index (κ3) is 6.65. The number of carbonyl (C=O) groups excluding carboxylic acids is 4. The molecule has 0 saturated carbocycles. The molecule has 3 fully saturated rings. The first-order valence-corrected chi connectivity index (χ1v) is 17.7. The van der Waals surface area contributed by atoms with Gasteiger partial charge in [0.15, 0.2) is 0 Å². The number of hydrogen-bond acceptors (Lipinski definition) is 8. The molecule has 49 heavy (non-hydrogen) atoms. The maximum atomic E-state index is 13.5. The van der Waals surface area contributed by atoms with Gasteiger partial charge in [-0.05, 0) is 95.4 Å². The largest absolute Gasteiger partial charge is 0.379 e. The standard InChI is InChI=1S/C36H40BrN7O5/c1-41-18-25(16-27(20-41)39-29-17-38-42(2)36(49)32(29)37)21-3-5-23(6-4-21)34(47)43-13-11-22(12-14-43)24-7-8-28-26(15-24)19-44(35(28)48)30-9-10-31(45)40-33(30)46/h3-8,15,17,22,25,27,30,39H,9-14,16,18-20H2,1-2H3,(H,40,45,46)/t25-,27+,30?/m1/s1. The molecule has 3 aromatic rings. The first kappa shape index (κ1) is 33.2. The van der Waals surface area contributed by atoms with Crippen LogP contribution in [-0.4, -0.2) is 93.4 Å². The number of likely N-dealkylation sites (tertiary alicyclic amines) is 2. The highest BCUT2D eigenvalue weighted by Gasteiger charge is 2.39. The highest BCUT2D eigenvalue weighted by Crippen LogP contribution is 2.34. The number of nitrogens with one attached hydrogen (secondary N) is 2. The Morgan fingerprint density at radius 2 is 1.67 bits per heavy atom. The van der Waals surface area contributed by atoms with E-state index < -0.39 is 11.9 Å². The van der Waals surface area contributed by atoms with Gasteiger partial charge in [-0.3, -0.25) is 29.3 Å². The first-order chi connectivity index (χ1) is 23.5. The summed E-state index contributed by atoms with van der Waals surface area (Å²) >= 11 is 3.42. The molecule has 3 saturated heterocycles. The number of hydrogen-bond donors (Lipinski definition) is 2. The van der Waals surface area contributed by atoms with Crippen molar-refractivity contribution in [1.29, 1.82) is 0 Å². The lowest BCUT2D eigenvalue weighted by Gasteiger charge is -2.37. The molecule has 4 amide bonds. The third-order valence-corrected chi connectivity index (χ3v) is 11.3. The van der Waals surface area contributed by atoms with E-state index in [4.69, 9.17) is 0 Å². The monoisotopic (exact) mass is 729 g/mol. The van der Waals surface area contributed by atoms with Crippen LogP contribution < -0.4 is 16.2 Å². The number of halogens is 1. The Morgan fingerprint density at radius 3 is 2.41 bits per heavy atom. The summed E-state index contributed by atoms with van der Waals surface area (Å²) < 4.78 is 1.78. The SMILES string of the molecule is CN1C[C@@H](Nc2cnn(C)c(=O)c2Br)C[C@@H](c2ccc(C(=O)N3CCC(c4ccc5c(c4)CN(C4CCC(=O)NC4=O)C5=O)CC3)cc2)C1. The molecule has 4 aliphatic heterocycles. The van der Waals surface area contributed by atoms with Crippen LogP contribution in [0.25, 0.3) is 0 Å². The summed E-state index contributed by atoms with van der Waals surface area (Å²) in [6.07, 6.45) is 4.79. The normalized spacial score (nSPS) is 23.4. The van der Waals surface area contributed by atoms with Crippen LogP contribution in [0, 0.1) is 0 Å². The average Bonchev–Trinajstić information content (AvgIpc) is 3.43. The lowest BCUT2D eigenvalue weighted by molar-refractivity contribution is -0.136. The Bertz CT molecular complexity index is 1870. The molecule has 3 atom stereocenters. The quantitative estimate of drug-likeness (QED) is 0.370. The number of benzene rings is 2. The van der Waals surface area contributed by atoms with Gasteiger partial charge in [0.05, 0.1) is 11.9 Å². The van der Waals surface area contributed by atoms with Crippen LogP contribution in [0.2, 0.25) is 0 Å². The fraction of sp³-hybridized carbons (Fsp3) is 0.444. The van der Waals surface area contributed by atoms with Gasteiger partial charge in [0.1, 0.15) is 10.5 Å². The molecular formula is C36H40BrN7O5. The number of anilines is 1. The highest BCUT2D eigenvalue weighted by atomic mass is 79.9. The molecule has 12 nitrogen and oxygen atoms in total. The fourth-order valence-electron chi connectivity index (χ4n) is 7.84. The van der Waals surface area contributed by atoms with E-state index in [0.717, 1.165) is 43.5 Å². The molecule has 2 N–H and O–H groups in total. The molecule has 0 spiro atoms. The van der Waals surface area contributed by atoms with Gasteiger partial charge in [0, 0.05) is 63.4 Å². The van der Waals surface area contributed by atoms with E-state index >= 15 is 0 Å². The Labute approximate surface area is 292 Å². The van der Waals surface area contributed by atoms with Crippen molar-refractivity contribution in [3.8, 4) is 0 Å². The van der Waals surface area contributed by atoms with Crippen molar-refractivity contribution in [3.05, 3.63) is 91.3 Å². The zero-order chi connectivity index (χ0) is 34.4. The zero-order valence-electron chi connectivity index (χ0n) is 27.7. The molecule has 1 unspecified atom stereocenters. The summed E-state index contributed by atoms with van der Waals surface area (Å²) in [4.78, 5) is 68.7. The second kappa shape index (κ2) is 13.5. The summed E-state index contributed by atoms with van der Waals surface area (Å²) in [6.45, 7) is 3.41. The molecule has 1 aromatic heterocycles. The Morgan fingerprint density at radius 1 is 0.939 bits per heavy atom. The smallest absolute Gasteiger partial charge is 0.282 e. The van der Waals surface area contributed by atoms with Crippen molar-refractivity contribution >= 4 is 45.2 Å². The van der Waals surface area contributed by atoms with Crippen molar-refractivity contribution in [2.45, 2.75) is 62.6 Å². The van der Waals surface area contributed by atoms with Crippen molar-refractivity contribution in [3.63, 3.8) is 0 Å². The summed E-state index contributed by atoms with van der Waals surface area (Å²) in [5.74, 6) is -0.285. The Hall–Kier alpha value is -4.36. The van der Waals surface area contributed by atoms with E-state index in [1.807, 2.05) is 29.2 Å². The number of aromatic nitrogens is 2. The van der Waals surface area contributed by atoms with Gasteiger partial charge in [-0.2, -0.15) is 5.10 Å². The molecule has 13 heteroatoms. The van der Waals surface area contributed by atoms with Crippen molar-refractivity contribution in [2.24, 2.45) is 7.05 Å². The van der Waals surface area contributed by atoms with Gasteiger partial charge >= 0.3 is 0 Å². The van der Waals surface area contributed by atoms with Crippen molar-refractivity contribution in [1.82, 2.24) is 29.8 Å². The van der Waals surface area contributed by atoms with E-state index in [1.54, 1.807) is 18.1 Å². The number of nitrogens with zero attached hydrogens (tertiary/aromatic N) is 5. The number of carbonyl (C=O) groups is 4. The predicted molar refractivity (Wildman–Crippen MR) is 186 cm³/mol. The van der Waals surface area contributed by atoms with E-state index in [0.29, 0.717) is 47.3 Å². The summed E-state index contributed by atoms with van der Waals surface area (Å²) in [5, 5.41) is 10.0. The fourth-order valence-corrected chi connectivity index (χ4v) is 8.31. The maximum Gasteiger partial charge on any atom is 0.282 e. The van der Waals surface area contributed by atoms with E-state index in [2.05, 4.69) is 61.8 Å². The summed E-state index contributed by atoms with van der Waals surface area (Å²) in [6, 6.07) is 13.5. The van der Waals surface area contributed by atoms with E-state index in [-0.39, 0.29) is 47.6 Å². The topological polar surface area (TPSA) is 137 Å².